The van der Waals surface area contributed by atoms with Crippen LogP contribution < -0.4 is 0 Å². The van der Waals surface area contributed by atoms with Gasteiger partial charge in [-0.2, -0.15) is 0 Å². The molecule has 0 radical (unpaired) electrons. The predicted molar refractivity (Wildman–Crippen MR) is 207 cm³/mol. The van der Waals surface area contributed by atoms with E-state index in [-0.39, 0.29) is 0 Å². The molecule has 4 aromatic carbocycles. The molecule has 50 heavy (non-hydrogen) atoms. The zero-order valence-electron chi connectivity index (χ0n) is 28.5. The van der Waals surface area contributed by atoms with E-state index in [1.807, 2.05) is 6.92 Å². The standard InChI is InChI=1S/C46H38N4/c1-31-26-27-40(32(2)47-31)37-24-15-25-38(28-37)45-48-44(36-22-13-6-14-23-36)49-46(50-45)43-41(34-18-9-4-10-19-34)29-39(33-16-7-3-8-17-33)30-42(43)35-20-11-5-12-21-35/h3-4,7-11,13,15-30H,5-6,12,14H2,1-2H3. The van der Waals surface area contributed by atoms with Crippen LogP contribution in [-0.2, 0) is 0 Å². The molecular weight excluding hydrogens is 609 g/mol. The lowest BCUT2D eigenvalue weighted by Gasteiger charge is -2.20. The number of aromatic nitrogens is 4. The highest BCUT2D eigenvalue weighted by molar-refractivity contribution is 5.96. The van der Waals surface area contributed by atoms with Crippen LogP contribution in [-0.4, -0.2) is 19.9 Å². The summed E-state index contributed by atoms with van der Waals surface area (Å²) in [6, 6.07) is 38.6. The van der Waals surface area contributed by atoms with Gasteiger partial charge in [0.25, 0.3) is 0 Å². The Morgan fingerprint density at radius 3 is 1.74 bits per heavy atom. The summed E-state index contributed by atoms with van der Waals surface area (Å²) in [6.45, 7) is 4.09. The van der Waals surface area contributed by atoms with Gasteiger partial charge in [-0.15, -0.1) is 0 Å². The quantitative estimate of drug-likeness (QED) is 0.173. The largest absolute Gasteiger partial charge is 0.258 e. The third kappa shape index (κ3) is 6.40. The van der Waals surface area contributed by atoms with E-state index in [1.54, 1.807) is 0 Å². The van der Waals surface area contributed by atoms with Crippen LogP contribution >= 0.6 is 0 Å². The first-order chi connectivity index (χ1) is 24.6. The first kappa shape index (κ1) is 31.3. The Morgan fingerprint density at radius 1 is 0.420 bits per heavy atom. The summed E-state index contributed by atoms with van der Waals surface area (Å²) < 4.78 is 0. The van der Waals surface area contributed by atoms with Gasteiger partial charge >= 0.3 is 0 Å². The Hall–Kier alpha value is -6.00. The second-order valence-corrected chi connectivity index (χ2v) is 12.9. The third-order valence-corrected chi connectivity index (χ3v) is 9.41. The maximum atomic E-state index is 5.34. The van der Waals surface area contributed by atoms with Crippen molar-refractivity contribution >= 4 is 11.1 Å². The lowest BCUT2D eigenvalue weighted by atomic mass is 9.86. The molecule has 0 saturated heterocycles. The number of pyridine rings is 1. The summed E-state index contributed by atoms with van der Waals surface area (Å²) in [6.07, 6.45) is 17.5. The first-order valence-corrected chi connectivity index (χ1v) is 17.5. The number of rotatable bonds is 7. The average molecular weight is 647 g/mol. The van der Waals surface area contributed by atoms with Crippen LogP contribution in [0.25, 0.3) is 67.3 Å². The number of allylic oxidation sites excluding steroid dienone is 8. The fourth-order valence-corrected chi connectivity index (χ4v) is 6.91. The summed E-state index contributed by atoms with van der Waals surface area (Å²) >= 11 is 0. The molecule has 0 amide bonds. The fraction of sp³-hybridized carbons (Fsp3) is 0.130. The van der Waals surface area contributed by atoms with E-state index >= 15 is 0 Å². The van der Waals surface area contributed by atoms with Crippen LogP contribution in [0.2, 0.25) is 0 Å². The molecule has 4 nitrogen and oxygen atoms in total. The maximum Gasteiger partial charge on any atom is 0.165 e. The van der Waals surface area contributed by atoms with E-state index in [0.717, 1.165) is 87.2 Å². The molecule has 0 atom stereocenters. The maximum absolute atomic E-state index is 5.34. The molecule has 0 bridgehead atoms. The van der Waals surface area contributed by atoms with Crippen molar-refractivity contribution in [2.24, 2.45) is 0 Å². The minimum absolute atomic E-state index is 0.648. The van der Waals surface area contributed by atoms with Gasteiger partial charge in [0.15, 0.2) is 17.5 Å². The molecule has 4 heteroatoms. The van der Waals surface area contributed by atoms with Gasteiger partial charge in [0, 0.05) is 33.7 Å². The zero-order chi connectivity index (χ0) is 33.9. The number of benzene rings is 4. The van der Waals surface area contributed by atoms with Gasteiger partial charge in [0.1, 0.15) is 0 Å². The minimum Gasteiger partial charge on any atom is -0.258 e. The van der Waals surface area contributed by atoms with E-state index in [9.17, 15) is 0 Å². The van der Waals surface area contributed by atoms with Crippen molar-refractivity contribution in [2.45, 2.75) is 39.5 Å². The van der Waals surface area contributed by atoms with Gasteiger partial charge in [-0.3, -0.25) is 4.98 Å². The van der Waals surface area contributed by atoms with Crippen molar-refractivity contribution in [3.8, 4) is 56.2 Å². The van der Waals surface area contributed by atoms with Gasteiger partial charge in [-0.05, 0) is 103 Å². The van der Waals surface area contributed by atoms with Crippen LogP contribution in [0.1, 0.15) is 48.5 Å². The number of hydrogen-bond donors (Lipinski definition) is 0. The molecular formula is C46H38N4. The number of aryl methyl sites for hydroxylation is 2. The molecule has 0 fully saturated rings. The second kappa shape index (κ2) is 13.9. The lowest BCUT2D eigenvalue weighted by Crippen LogP contribution is -2.06. The van der Waals surface area contributed by atoms with Gasteiger partial charge in [0.05, 0.1) is 0 Å². The van der Waals surface area contributed by atoms with E-state index in [0.29, 0.717) is 17.5 Å². The molecule has 0 aliphatic heterocycles. The monoisotopic (exact) mass is 646 g/mol. The third-order valence-electron chi connectivity index (χ3n) is 9.41. The van der Waals surface area contributed by atoms with Crippen LogP contribution in [0.15, 0.2) is 146 Å². The highest BCUT2D eigenvalue weighted by atomic mass is 15.0. The summed E-state index contributed by atoms with van der Waals surface area (Å²) in [7, 11) is 0. The molecule has 8 rings (SSSR count). The van der Waals surface area contributed by atoms with Crippen LogP contribution in [0.5, 0.6) is 0 Å². The van der Waals surface area contributed by atoms with Gasteiger partial charge in [0.2, 0.25) is 0 Å². The molecule has 242 valence electrons. The van der Waals surface area contributed by atoms with Crippen molar-refractivity contribution in [1.82, 2.24) is 19.9 Å². The molecule has 2 heterocycles. The summed E-state index contributed by atoms with van der Waals surface area (Å²) in [4.78, 5) is 20.5. The van der Waals surface area contributed by atoms with Crippen molar-refractivity contribution in [1.29, 1.82) is 0 Å². The summed E-state index contributed by atoms with van der Waals surface area (Å²) in [5, 5.41) is 0. The minimum atomic E-state index is 0.648. The van der Waals surface area contributed by atoms with Crippen LogP contribution in [0, 0.1) is 13.8 Å². The Bertz CT molecular complexity index is 2330. The van der Waals surface area contributed by atoms with E-state index in [1.165, 1.54) is 11.1 Å². The van der Waals surface area contributed by atoms with E-state index < -0.39 is 0 Å². The van der Waals surface area contributed by atoms with Gasteiger partial charge in [-0.1, -0.05) is 121 Å². The molecule has 0 unspecified atom stereocenters. The molecule has 6 aromatic rings. The highest BCUT2D eigenvalue weighted by Crippen LogP contribution is 2.42. The Labute approximate surface area is 294 Å². The average Bonchev–Trinajstić information content (AvgIpc) is 3.18. The topological polar surface area (TPSA) is 51.6 Å². The Morgan fingerprint density at radius 2 is 1.04 bits per heavy atom. The molecule has 0 N–H and O–H groups in total. The van der Waals surface area contributed by atoms with Gasteiger partial charge < -0.3 is 0 Å². The number of nitrogens with zero attached hydrogens (tertiary/aromatic N) is 4. The molecule has 2 aromatic heterocycles. The van der Waals surface area contributed by atoms with Crippen molar-refractivity contribution in [3.63, 3.8) is 0 Å². The summed E-state index contributed by atoms with van der Waals surface area (Å²) in [5.74, 6) is 2.00. The van der Waals surface area contributed by atoms with E-state index in [2.05, 4.69) is 153 Å². The fourth-order valence-electron chi connectivity index (χ4n) is 6.91. The van der Waals surface area contributed by atoms with Gasteiger partial charge in [-0.25, -0.2) is 15.0 Å². The predicted octanol–water partition coefficient (Wildman–Crippen LogP) is 11.7. The first-order valence-electron chi connectivity index (χ1n) is 17.5. The normalized spacial score (nSPS) is 14.0. The van der Waals surface area contributed by atoms with Crippen LogP contribution in [0.4, 0.5) is 0 Å². The smallest absolute Gasteiger partial charge is 0.165 e. The van der Waals surface area contributed by atoms with Crippen molar-refractivity contribution in [3.05, 3.63) is 168 Å². The van der Waals surface area contributed by atoms with Crippen LogP contribution in [0.3, 0.4) is 0 Å². The van der Waals surface area contributed by atoms with Crippen molar-refractivity contribution in [2.75, 3.05) is 0 Å². The molecule has 0 saturated carbocycles. The number of hydrogen-bond acceptors (Lipinski definition) is 4. The lowest BCUT2D eigenvalue weighted by molar-refractivity contribution is 1.00. The van der Waals surface area contributed by atoms with Crippen molar-refractivity contribution < 1.29 is 0 Å². The summed E-state index contributed by atoms with van der Waals surface area (Å²) in [5.41, 5.74) is 14.0. The zero-order valence-corrected chi connectivity index (χ0v) is 28.5. The Kier molecular flexibility index (Phi) is 8.67. The Balaban J connectivity index is 1.40. The second-order valence-electron chi connectivity index (χ2n) is 12.9. The molecule has 0 spiro atoms. The molecule has 2 aliphatic rings. The molecule has 2 aliphatic carbocycles. The SMILES string of the molecule is Cc1ccc(-c2cccc(-c3nc(C4=CCCC=C4)nc(-c4c(C5=CCCC=C5)cc(-c5ccccc5)cc4-c4ccccc4)n3)c2)c(C)n1. The van der Waals surface area contributed by atoms with E-state index in [4.69, 9.17) is 19.9 Å². The highest BCUT2D eigenvalue weighted by Gasteiger charge is 2.23.